The number of carbonyl (C=O) groups is 2. The molecule has 4 rings (SSSR count). The summed E-state index contributed by atoms with van der Waals surface area (Å²) in [7, 11) is 0. The lowest BCUT2D eigenvalue weighted by molar-refractivity contribution is -0.147. The van der Waals surface area contributed by atoms with Crippen molar-refractivity contribution in [3.05, 3.63) is 52.9 Å². The van der Waals surface area contributed by atoms with Crippen LogP contribution >= 0.6 is 22.9 Å². The Morgan fingerprint density at radius 1 is 1.21 bits per heavy atom. The van der Waals surface area contributed by atoms with E-state index in [2.05, 4.69) is 36.0 Å². The number of carbonyl (C=O) groups excluding carboxylic acids is 2. The summed E-state index contributed by atoms with van der Waals surface area (Å²) in [6.45, 7) is 2.32. The van der Waals surface area contributed by atoms with Crippen molar-refractivity contribution in [3.8, 4) is 0 Å². The smallest absolute Gasteiger partial charge is 0.325 e. The van der Waals surface area contributed by atoms with Gasteiger partial charge in [0.2, 0.25) is 0 Å². The molecule has 0 unspecified atom stereocenters. The van der Waals surface area contributed by atoms with E-state index in [9.17, 15) is 9.59 Å². The topological polar surface area (TPSA) is 136 Å². The Bertz CT molecular complexity index is 1310. The summed E-state index contributed by atoms with van der Waals surface area (Å²) in [5.41, 5.74) is 1.81. The van der Waals surface area contributed by atoms with Crippen LogP contribution in [0.2, 0.25) is 5.02 Å². The molecular formula is C21H21ClN8O3S. The van der Waals surface area contributed by atoms with Crippen LogP contribution in [0.5, 0.6) is 0 Å². The zero-order chi connectivity index (χ0) is 23.9. The second kappa shape index (κ2) is 10.9. The number of urea groups is 1. The fourth-order valence-corrected chi connectivity index (χ4v) is 3.93. The lowest BCUT2D eigenvalue weighted by Crippen LogP contribution is -2.19. The molecule has 1 aromatic carbocycles. The van der Waals surface area contributed by atoms with Crippen LogP contribution in [0.4, 0.5) is 21.4 Å². The van der Waals surface area contributed by atoms with Gasteiger partial charge in [-0.1, -0.05) is 24.6 Å². The minimum absolute atomic E-state index is 0.0179. The molecular weight excluding hydrogens is 480 g/mol. The van der Waals surface area contributed by atoms with Crippen molar-refractivity contribution in [2.75, 3.05) is 22.5 Å². The molecule has 2 amide bonds. The number of esters is 1. The molecule has 13 heteroatoms. The zero-order valence-corrected chi connectivity index (χ0v) is 19.7. The van der Waals surface area contributed by atoms with E-state index in [1.165, 1.54) is 22.3 Å². The molecule has 0 bridgehead atoms. The third-order valence-corrected chi connectivity index (χ3v) is 5.72. The molecule has 3 heterocycles. The van der Waals surface area contributed by atoms with Gasteiger partial charge in [0.1, 0.15) is 11.8 Å². The average molecular weight is 501 g/mol. The van der Waals surface area contributed by atoms with E-state index in [4.69, 9.17) is 16.3 Å². The van der Waals surface area contributed by atoms with Crippen LogP contribution < -0.4 is 16.0 Å². The first-order valence-electron chi connectivity index (χ1n) is 10.4. The SMILES string of the molecule is CCC(=O)OCn1cc2ncnc(NCCc3cnc(NC(=O)Nc4cccc(Cl)c4)s3)c2n1. The Morgan fingerprint density at radius 3 is 2.91 bits per heavy atom. The quantitative estimate of drug-likeness (QED) is 0.292. The van der Waals surface area contributed by atoms with E-state index in [0.717, 1.165) is 4.88 Å². The van der Waals surface area contributed by atoms with E-state index in [-0.39, 0.29) is 12.7 Å². The predicted octanol–water partition coefficient (Wildman–Crippen LogP) is 4.15. The molecule has 0 atom stereocenters. The number of hydrogen-bond acceptors (Lipinski definition) is 9. The van der Waals surface area contributed by atoms with Gasteiger partial charge in [-0.3, -0.25) is 10.1 Å². The molecule has 0 fully saturated rings. The van der Waals surface area contributed by atoms with Crippen LogP contribution in [-0.2, 0) is 22.7 Å². The molecule has 11 nitrogen and oxygen atoms in total. The van der Waals surface area contributed by atoms with Crippen molar-refractivity contribution in [1.29, 1.82) is 0 Å². The Balaban J connectivity index is 1.29. The summed E-state index contributed by atoms with van der Waals surface area (Å²) in [5, 5.41) is 14.1. The lowest BCUT2D eigenvalue weighted by atomic mass is 10.3. The molecule has 0 saturated heterocycles. The largest absolute Gasteiger partial charge is 0.442 e. The first kappa shape index (κ1) is 23.4. The van der Waals surface area contributed by atoms with Crippen molar-refractivity contribution < 1.29 is 14.3 Å². The second-order valence-electron chi connectivity index (χ2n) is 7.02. The van der Waals surface area contributed by atoms with Gasteiger partial charge in [-0.25, -0.2) is 24.4 Å². The van der Waals surface area contributed by atoms with Crippen LogP contribution in [-0.4, -0.2) is 43.3 Å². The number of aromatic nitrogens is 5. The van der Waals surface area contributed by atoms with Crippen molar-refractivity contribution in [1.82, 2.24) is 24.7 Å². The number of anilines is 3. The van der Waals surface area contributed by atoms with Crippen LogP contribution in [0, 0.1) is 0 Å². The number of benzene rings is 1. The molecule has 176 valence electrons. The highest BCUT2D eigenvalue weighted by Gasteiger charge is 2.11. The number of nitrogens with one attached hydrogen (secondary N) is 3. The Hall–Kier alpha value is -3.77. The van der Waals surface area contributed by atoms with E-state index in [1.54, 1.807) is 43.6 Å². The van der Waals surface area contributed by atoms with Gasteiger partial charge in [0, 0.05) is 41.2 Å². The molecule has 0 spiro atoms. The van der Waals surface area contributed by atoms with Crippen LogP contribution in [0.1, 0.15) is 18.2 Å². The minimum atomic E-state index is -0.398. The Labute approximate surface area is 203 Å². The number of thiazole rings is 1. The van der Waals surface area contributed by atoms with Crippen molar-refractivity contribution in [2.45, 2.75) is 26.5 Å². The maximum atomic E-state index is 12.2. The molecule has 3 aromatic heterocycles. The summed E-state index contributed by atoms with van der Waals surface area (Å²) < 4.78 is 6.61. The van der Waals surface area contributed by atoms with Gasteiger partial charge >= 0.3 is 12.0 Å². The third kappa shape index (κ3) is 6.17. The number of hydrogen-bond donors (Lipinski definition) is 3. The van der Waals surface area contributed by atoms with Crippen LogP contribution in [0.15, 0.2) is 43.0 Å². The molecule has 0 radical (unpaired) electrons. The number of fused-ring (bicyclic) bond motifs is 1. The lowest BCUT2D eigenvalue weighted by Gasteiger charge is -2.05. The maximum Gasteiger partial charge on any atom is 0.325 e. The monoisotopic (exact) mass is 500 g/mol. The second-order valence-corrected chi connectivity index (χ2v) is 8.57. The standard InChI is InChI=1S/C21H21ClN8O3S/c1-2-17(31)33-12-30-10-16-18(29-30)19(26-11-25-16)23-7-6-15-9-24-21(34-15)28-20(32)27-14-5-3-4-13(22)8-14/h3-5,8-11H,2,6-7,12H2,1H3,(H,23,25,26)(H2,24,27,28,32). The van der Waals surface area contributed by atoms with E-state index >= 15 is 0 Å². The van der Waals surface area contributed by atoms with Gasteiger partial charge in [-0.2, -0.15) is 5.10 Å². The molecule has 0 aliphatic rings. The molecule has 4 aromatic rings. The number of halogens is 1. The van der Waals surface area contributed by atoms with Gasteiger partial charge in [0.25, 0.3) is 0 Å². The first-order valence-corrected chi connectivity index (χ1v) is 11.6. The number of nitrogens with zero attached hydrogens (tertiary/aromatic N) is 5. The van der Waals surface area contributed by atoms with Crippen molar-refractivity contribution in [2.24, 2.45) is 0 Å². The molecule has 0 aliphatic carbocycles. The Kier molecular flexibility index (Phi) is 7.50. The highest BCUT2D eigenvalue weighted by atomic mass is 35.5. The summed E-state index contributed by atoms with van der Waals surface area (Å²) in [4.78, 5) is 37.2. The third-order valence-electron chi connectivity index (χ3n) is 4.52. The number of rotatable bonds is 9. The van der Waals surface area contributed by atoms with Gasteiger partial charge in [0.15, 0.2) is 23.2 Å². The number of amides is 2. The predicted molar refractivity (Wildman–Crippen MR) is 130 cm³/mol. The zero-order valence-electron chi connectivity index (χ0n) is 18.1. The average Bonchev–Trinajstić information content (AvgIpc) is 3.44. The maximum absolute atomic E-state index is 12.2. The van der Waals surface area contributed by atoms with E-state index < -0.39 is 6.03 Å². The van der Waals surface area contributed by atoms with Crippen LogP contribution in [0.3, 0.4) is 0 Å². The van der Waals surface area contributed by atoms with Gasteiger partial charge in [-0.05, 0) is 18.2 Å². The van der Waals surface area contributed by atoms with Gasteiger partial charge in [0.05, 0.1) is 6.20 Å². The molecule has 3 N–H and O–H groups in total. The Morgan fingerprint density at radius 2 is 2.09 bits per heavy atom. The highest BCUT2D eigenvalue weighted by molar-refractivity contribution is 7.15. The van der Waals surface area contributed by atoms with E-state index in [0.29, 0.717) is 52.1 Å². The van der Waals surface area contributed by atoms with Crippen molar-refractivity contribution in [3.63, 3.8) is 0 Å². The summed E-state index contributed by atoms with van der Waals surface area (Å²) in [6.07, 6.45) is 5.82. The summed E-state index contributed by atoms with van der Waals surface area (Å²) in [5.74, 6) is 0.277. The van der Waals surface area contributed by atoms with Gasteiger partial charge < -0.3 is 15.4 Å². The first-order chi connectivity index (χ1) is 16.5. The fourth-order valence-electron chi connectivity index (χ4n) is 2.93. The fraction of sp³-hybridized carbons (Fsp3) is 0.238. The highest BCUT2D eigenvalue weighted by Crippen LogP contribution is 2.21. The minimum Gasteiger partial charge on any atom is -0.442 e. The molecule has 0 saturated carbocycles. The number of ether oxygens (including phenoxy) is 1. The summed E-state index contributed by atoms with van der Waals surface area (Å²) in [6, 6.07) is 6.49. The van der Waals surface area contributed by atoms with Crippen LogP contribution in [0.25, 0.3) is 11.0 Å². The molecule has 34 heavy (non-hydrogen) atoms. The normalized spacial score (nSPS) is 10.8. The summed E-state index contributed by atoms with van der Waals surface area (Å²) >= 11 is 7.31. The van der Waals surface area contributed by atoms with Crippen molar-refractivity contribution >= 4 is 62.6 Å². The molecule has 0 aliphatic heterocycles. The van der Waals surface area contributed by atoms with Gasteiger partial charge in [-0.15, -0.1) is 11.3 Å². The van der Waals surface area contributed by atoms with E-state index in [1.807, 2.05) is 0 Å².